The molecular weight excluding hydrogens is 222 g/mol. The van der Waals surface area contributed by atoms with Crippen molar-refractivity contribution in [3.8, 4) is 0 Å². The molecule has 2 heteroatoms. The number of carbonyl (C=O) groups excluding carboxylic acids is 1. The average molecular weight is 241 g/mol. The van der Waals surface area contributed by atoms with Crippen LogP contribution in [0.3, 0.4) is 0 Å². The van der Waals surface area contributed by atoms with E-state index in [-0.39, 0.29) is 5.78 Å². The van der Waals surface area contributed by atoms with Crippen molar-refractivity contribution >= 4 is 23.8 Å². The summed E-state index contributed by atoms with van der Waals surface area (Å²) in [5, 5.41) is 0. The quantitative estimate of drug-likeness (QED) is 0.732. The number of rotatable bonds is 4. The van der Waals surface area contributed by atoms with Crippen LogP contribution in [-0.2, 0) is 11.2 Å². The fourth-order valence-corrected chi connectivity index (χ4v) is 2.19. The largest absolute Gasteiger partial charge is 0.295 e. The number of Topliss-reactive ketones (excluding diaryl/α,β-unsaturated/α-hetero) is 1. The number of hydrogen-bond acceptors (Lipinski definition) is 2. The Bertz CT molecular complexity index is 538. The van der Waals surface area contributed by atoms with E-state index in [0.717, 1.165) is 29.7 Å². The fourth-order valence-electron chi connectivity index (χ4n) is 2.19. The molecule has 0 atom stereocenters. The lowest BCUT2D eigenvalue weighted by Crippen LogP contribution is -1.98. The fraction of sp³-hybridized carbons (Fsp3) is 0.375. The normalized spacial score (nSPS) is 13.8. The van der Waals surface area contributed by atoms with Crippen LogP contribution in [-0.4, -0.2) is 12.0 Å². The summed E-state index contributed by atoms with van der Waals surface area (Å²) in [5.74, 6) is 0.237. The minimum atomic E-state index is 0.237. The van der Waals surface area contributed by atoms with Crippen LogP contribution >= 0.6 is 0 Å². The van der Waals surface area contributed by atoms with E-state index in [0.29, 0.717) is 6.42 Å². The maximum Gasteiger partial charge on any atom is 0.158 e. The number of fused-ring (bicyclic) bond motifs is 1. The topological polar surface area (TPSA) is 29.4 Å². The number of aryl methyl sites for hydroxylation is 1. The van der Waals surface area contributed by atoms with Gasteiger partial charge in [-0.1, -0.05) is 13.0 Å². The summed E-state index contributed by atoms with van der Waals surface area (Å²) in [7, 11) is 0. The van der Waals surface area contributed by atoms with Crippen molar-refractivity contribution in [1.82, 2.24) is 0 Å². The number of ketones is 1. The summed E-state index contributed by atoms with van der Waals surface area (Å²) in [6, 6.07) is 4.25. The Balaban J connectivity index is 2.31. The summed E-state index contributed by atoms with van der Waals surface area (Å²) in [5.41, 5.74) is 5.48. The molecule has 1 aliphatic rings. The molecule has 94 valence electrons. The maximum absolute atomic E-state index is 11.8. The van der Waals surface area contributed by atoms with Crippen LogP contribution in [0.15, 0.2) is 22.7 Å². The van der Waals surface area contributed by atoms with Gasteiger partial charge in [0, 0.05) is 19.1 Å². The SMILES string of the molecule is CCCC(=O)/C(C)=C/c1cc2c(cc1C)CC=N2. The minimum Gasteiger partial charge on any atom is -0.295 e. The minimum absolute atomic E-state index is 0.237. The van der Waals surface area contributed by atoms with E-state index in [1.165, 1.54) is 11.1 Å². The van der Waals surface area contributed by atoms with E-state index in [1.54, 1.807) is 0 Å². The Morgan fingerprint density at radius 3 is 2.94 bits per heavy atom. The number of allylic oxidation sites excluding steroid dienone is 1. The van der Waals surface area contributed by atoms with E-state index in [1.807, 2.05) is 26.1 Å². The van der Waals surface area contributed by atoms with Gasteiger partial charge in [0.1, 0.15) is 0 Å². The van der Waals surface area contributed by atoms with Gasteiger partial charge in [0.25, 0.3) is 0 Å². The molecule has 18 heavy (non-hydrogen) atoms. The Labute approximate surface area is 108 Å². The molecule has 0 saturated heterocycles. The molecular formula is C16H19NO. The van der Waals surface area contributed by atoms with Crippen molar-refractivity contribution in [2.75, 3.05) is 0 Å². The summed E-state index contributed by atoms with van der Waals surface area (Å²) in [4.78, 5) is 16.1. The first kappa shape index (κ1) is 12.7. The molecule has 1 aliphatic heterocycles. The van der Waals surface area contributed by atoms with Gasteiger partial charge in [-0.15, -0.1) is 0 Å². The van der Waals surface area contributed by atoms with Crippen LogP contribution in [0.4, 0.5) is 5.69 Å². The highest BCUT2D eigenvalue weighted by Gasteiger charge is 2.10. The van der Waals surface area contributed by atoms with Crippen molar-refractivity contribution in [3.05, 3.63) is 34.4 Å². The third-order valence-corrected chi connectivity index (χ3v) is 3.30. The van der Waals surface area contributed by atoms with Crippen molar-refractivity contribution in [2.24, 2.45) is 4.99 Å². The molecule has 0 radical (unpaired) electrons. The van der Waals surface area contributed by atoms with Crippen LogP contribution < -0.4 is 0 Å². The molecule has 2 nitrogen and oxygen atoms in total. The molecule has 0 aromatic heterocycles. The molecule has 0 amide bonds. The zero-order valence-corrected chi connectivity index (χ0v) is 11.3. The monoisotopic (exact) mass is 241 g/mol. The first-order chi connectivity index (χ1) is 8.61. The van der Waals surface area contributed by atoms with Gasteiger partial charge in [-0.25, -0.2) is 0 Å². The summed E-state index contributed by atoms with van der Waals surface area (Å²) in [6.45, 7) is 6.01. The van der Waals surface area contributed by atoms with E-state index in [9.17, 15) is 4.79 Å². The van der Waals surface area contributed by atoms with Gasteiger partial charge in [-0.3, -0.25) is 9.79 Å². The predicted octanol–water partition coefficient (Wildman–Crippen LogP) is 4.03. The predicted molar refractivity (Wildman–Crippen MR) is 76.6 cm³/mol. The van der Waals surface area contributed by atoms with E-state index < -0.39 is 0 Å². The lowest BCUT2D eigenvalue weighted by Gasteiger charge is -2.06. The highest BCUT2D eigenvalue weighted by Crippen LogP contribution is 2.28. The number of aliphatic imine (C=N–C) groups is 1. The number of benzene rings is 1. The van der Waals surface area contributed by atoms with Gasteiger partial charge in [-0.05, 0) is 54.7 Å². The van der Waals surface area contributed by atoms with Crippen LogP contribution in [0.5, 0.6) is 0 Å². The van der Waals surface area contributed by atoms with E-state index in [2.05, 4.69) is 24.0 Å². The van der Waals surface area contributed by atoms with Crippen molar-refractivity contribution in [1.29, 1.82) is 0 Å². The van der Waals surface area contributed by atoms with Crippen LogP contribution in [0.1, 0.15) is 43.4 Å². The molecule has 0 unspecified atom stereocenters. The smallest absolute Gasteiger partial charge is 0.158 e. The Morgan fingerprint density at radius 1 is 1.44 bits per heavy atom. The second-order valence-electron chi connectivity index (χ2n) is 4.85. The highest BCUT2D eigenvalue weighted by atomic mass is 16.1. The first-order valence-electron chi connectivity index (χ1n) is 6.49. The zero-order valence-electron chi connectivity index (χ0n) is 11.3. The molecule has 1 heterocycles. The van der Waals surface area contributed by atoms with Gasteiger partial charge in [0.2, 0.25) is 0 Å². The Morgan fingerprint density at radius 2 is 2.22 bits per heavy atom. The molecule has 1 aromatic carbocycles. The lowest BCUT2D eigenvalue weighted by atomic mass is 9.99. The van der Waals surface area contributed by atoms with Gasteiger partial charge in [-0.2, -0.15) is 0 Å². The Kier molecular flexibility index (Phi) is 3.75. The Hall–Kier alpha value is -1.70. The van der Waals surface area contributed by atoms with Gasteiger partial charge in [0.05, 0.1) is 5.69 Å². The summed E-state index contributed by atoms with van der Waals surface area (Å²) >= 11 is 0. The highest BCUT2D eigenvalue weighted by molar-refractivity contribution is 5.99. The first-order valence-corrected chi connectivity index (χ1v) is 6.49. The standard InChI is InChI=1S/C16H19NO/c1-4-5-16(18)12(3)9-14-10-15-13(6-7-17-15)8-11(14)2/h7-10H,4-6H2,1-3H3/b12-9+. The molecule has 0 bridgehead atoms. The molecule has 0 aliphatic carbocycles. The molecule has 0 spiro atoms. The van der Waals surface area contributed by atoms with Crippen molar-refractivity contribution in [2.45, 2.75) is 40.0 Å². The van der Waals surface area contributed by atoms with Crippen molar-refractivity contribution < 1.29 is 4.79 Å². The number of carbonyl (C=O) groups is 1. The second kappa shape index (κ2) is 5.30. The van der Waals surface area contributed by atoms with E-state index in [4.69, 9.17) is 0 Å². The van der Waals surface area contributed by atoms with Gasteiger partial charge < -0.3 is 0 Å². The maximum atomic E-state index is 11.8. The zero-order chi connectivity index (χ0) is 13.1. The molecule has 0 fully saturated rings. The lowest BCUT2D eigenvalue weighted by molar-refractivity contribution is -0.115. The van der Waals surface area contributed by atoms with Crippen LogP contribution in [0.25, 0.3) is 6.08 Å². The van der Waals surface area contributed by atoms with Crippen LogP contribution in [0.2, 0.25) is 0 Å². The van der Waals surface area contributed by atoms with E-state index >= 15 is 0 Å². The van der Waals surface area contributed by atoms with Crippen molar-refractivity contribution in [3.63, 3.8) is 0 Å². The summed E-state index contributed by atoms with van der Waals surface area (Å²) < 4.78 is 0. The average Bonchev–Trinajstić information content (AvgIpc) is 2.76. The summed E-state index contributed by atoms with van der Waals surface area (Å²) in [6.07, 6.45) is 6.38. The third-order valence-electron chi connectivity index (χ3n) is 3.30. The van der Waals surface area contributed by atoms with Gasteiger partial charge in [0.15, 0.2) is 5.78 Å². The van der Waals surface area contributed by atoms with Crippen LogP contribution in [0, 0.1) is 6.92 Å². The molecule has 1 aromatic rings. The molecule has 0 N–H and O–H groups in total. The molecule has 2 rings (SSSR count). The number of nitrogens with zero attached hydrogens (tertiary/aromatic N) is 1. The second-order valence-corrected chi connectivity index (χ2v) is 4.85. The number of hydrogen-bond donors (Lipinski definition) is 0. The van der Waals surface area contributed by atoms with Gasteiger partial charge >= 0.3 is 0 Å². The third kappa shape index (κ3) is 2.58. The molecule has 0 saturated carbocycles.